The Morgan fingerprint density at radius 3 is 2.85 bits per heavy atom. The fraction of sp³-hybridized carbons (Fsp3) is 0.286. The largest absolute Gasteiger partial charge is 0.440 e. The van der Waals surface area contributed by atoms with Crippen LogP contribution < -0.4 is 21.9 Å². The number of anilines is 2. The van der Waals surface area contributed by atoms with Crippen molar-refractivity contribution in [3.63, 3.8) is 0 Å². The summed E-state index contributed by atoms with van der Waals surface area (Å²) < 4.78 is 8.22. The monoisotopic (exact) mass is 555 g/mol. The molecule has 4 atom stereocenters. The number of nitrogens with zero attached hydrogens (tertiary/aromatic N) is 4. The van der Waals surface area contributed by atoms with Crippen molar-refractivity contribution in [2.45, 2.75) is 44.2 Å². The van der Waals surface area contributed by atoms with Crippen LogP contribution >= 0.6 is 11.3 Å². The van der Waals surface area contributed by atoms with Crippen LogP contribution in [0.1, 0.15) is 54.2 Å². The number of para-hydroxylation sites is 2. The molecule has 5 heterocycles. The molecule has 11 nitrogen and oxygen atoms in total. The number of nitrogen functional groups attached to an aromatic ring is 1. The molecule has 0 bridgehead atoms. The third kappa shape index (κ3) is 4.20. The first-order chi connectivity index (χ1) is 19.4. The van der Waals surface area contributed by atoms with Gasteiger partial charge >= 0.3 is 0 Å². The first-order valence-electron chi connectivity index (χ1n) is 13.0. The summed E-state index contributed by atoms with van der Waals surface area (Å²) in [6.07, 6.45) is 4.12. The molecule has 12 heteroatoms. The number of pyridine rings is 1. The quantitative estimate of drug-likeness (QED) is 0.286. The Morgan fingerprint density at radius 2 is 2.00 bits per heavy atom. The van der Waals surface area contributed by atoms with Crippen LogP contribution in [0.3, 0.4) is 0 Å². The molecule has 2 aliphatic rings. The number of carbonyl (C=O) groups is 2. The highest BCUT2D eigenvalue weighted by molar-refractivity contribution is 7.19. The van der Waals surface area contributed by atoms with E-state index in [-0.39, 0.29) is 35.3 Å². The number of fused-ring (bicyclic) bond motifs is 3. The number of hydrogen-bond acceptors (Lipinski definition) is 9. The average Bonchev–Trinajstić information content (AvgIpc) is 3.28. The number of hydrogen-bond donors (Lipinski definition) is 3. The van der Waals surface area contributed by atoms with Gasteiger partial charge in [0.15, 0.2) is 11.5 Å². The van der Waals surface area contributed by atoms with Crippen LogP contribution in [0.2, 0.25) is 0 Å². The molecule has 2 amide bonds. The molecule has 1 aliphatic carbocycles. The lowest BCUT2D eigenvalue weighted by molar-refractivity contribution is -0.124. The number of carbonyl (C=O) groups excluding carboxylic acids is 2. The predicted octanol–water partition coefficient (Wildman–Crippen LogP) is 3.68. The molecule has 5 aromatic rings. The molecule has 0 spiro atoms. The zero-order chi connectivity index (χ0) is 27.5. The molecule has 40 heavy (non-hydrogen) atoms. The number of oxazole rings is 1. The van der Waals surface area contributed by atoms with Gasteiger partial charge in [0.1, 0.15) is 28.9 Å². The number of benzene rings is 1. The fourth-order valence-corrected chi connectivity index (χ4v) is 6.44. The van der Waals surface area contributed by atoms with Crippen molar-refractivity contribution in [2.75, 3.05) is 11.1 Å². The summed E-state index contributed by atoms with van der Waals surface area (Å²) in [6, 6.07) is 10.5. The first kappa shape index (κ1) is 24.5. The molecule has 0 radical (unpaired) electrons. The number of amides is 2. The Morgan fingerprint density at radius 1 is 1.15 bits per heavy atom. The van der Waals surface area contributed by atoms with Crippen LogP contribution in [0.4, 0.5) is 11.5 Å². The van der Waals surface area contributed by atoms with Crippen molar-refractivity contribution in [3.8, 4) is 0 Å². The highest BCUT2D eigenvalue weighted by Crippen LogP contribution is 2.48. The Balaban J connectivity index is 1.06. The lowest BCUT2D eigenvalue weighted by Gasteiger charge is -2.15. The molecule has 4 N–H and O–H groups in total. The van der Waals surface area contributed by atoms with Gasteiger partial charge in [-0.1, -0.05) is 19.1 Å². The van der Waals surface area contributed by atoms with Crippen LogP contribution in [0.5, 0.6) is 0 Å². The summed E-state index contributed by atoms with van der Waals surface area (Å²) in [4.78, 5) is 53.7. The summed E-state index contributed by atoms with van der Waals surface area (Å²) in [5, 5.41) is 6.65. The van der Waals surface area contributed by atoms with E-state index in [1.165, 1.54) is 22.1 Å². The summed E-state index contributed by atoms with van der Waals surface area (Å²) in [7, 11) is 0. The second-order valence-electron chi connectivity index (χ2n) is 10.4. The second-order valence-corrected chi connectivity index (χ2v) is 11.6. The maximum absolute atomic E-state index is 13.5. The zero-order valence-electron chi connectivity index (χ0n) is 21.5. The van der Waals surface area contributed by atoms with Gasteiger partial charge in [-0.05, 0) is 37.1 Å². The van der Waals surface area contributed by atoms with Crippen molar-refractivity contribution >= 4 is 55.8 Å². The molecular weight excluding hydrogens is 530 g/mol. The Bertz CT molecular complexity index is 1840. The van der Waals surface area contributed by atoms with Gasteiger partial charge in [-0.25, -0.2) is 15.0 Å². The van der Waals surface area contributed by atoms with Gasteiger partial charge < -0.3 is 20.8 Å². The smallest absolute Gasteiger partial charge is 0.278 e. The molecule has 0 saturated heterocycles. The minimum absolute atomic E-state index is 0.0541. The number of thiophene rings is 1. The van der Waals surface area contributed by atoms with E-state index < -0.39 is 11.6 Å². The van der Waals surface area contributed by atoms with Crippen LogP contribution in [-0.2, 0) is 16.1 Å². The number of nitrogens with two attached hydrogens (primary N) is 1. The Hall–Kier alpha value is -4.58. The van der Waals surface area contributed by atoms with Crippen LogP contribution in [-0.4, -0.2) is 31.3 Å². The Kier molecular flexibility index (Phi) is 5.66. The lowest BCUT2D eigenvalue weighted by Crippen LogP contribution is -2.36. The number of rotatable bonds is 6. The van der Waals surface area contributed by atoms with Gasteiger partial charge in [-0.2, -0.15) is 0 Å². The molecule has 7 rings (SSSR count). The zero-order valence-corrected chi connectivity index (χ0v) is 22.3. The van der Waals surface area contributed by atoms with E-state index in [1.54, 1.807) is 12.3 Å². The number of nitrogens with one attached hydrogen (secondary N) is 2. The molecule has 1 aromatic carbocycles. The maximum atomic E-state index is 13.5. The van der Waals surface area contributed by atoms with Crippen LogP contribution in [0.15, 0.2) is 58.0 Å². The van der Waals surface area contributed by atoms with Crippen molar-refractivity contribution in [1.82, 2.24) is 24.8 Å². The van der Waals surface area contributed by atoms with Gasteiger partial charge in [0, 0.05) is 33.0 Å². The van der Waals surface area contributed by atoms with Crippen molar-refractivity contribution in [2.24, 2.45) is 5.92 Å². The predicted molar refractivity (Wildman–Crippen MR) is 150 cm³/mol. The third-order valence-electron chi connectivity index (χ3n) is 7.58. The van der Waals surface area contributed by atoms with Gasteiger partial charge in [0.25, 0.3) is 5.56 Å². The van der Waals surface area contributed by atoms with E-state index in [2.05, 4.69) is 25.6 Å². The van der Waals surface area contributed by atoms with E-state index in [1.807, 2.05) is 37.3 Å². The van der Waals surface area contributed by atoms with E-state index in [0.717, 1.165) is 20.5 Å². The summed E-state index contributed by atoms with van der Waals surface area (Å²) in [5.41, 5.74) is 6.81. The number of aromatic nitrogens is 4. The average molecular weight is 556 g/mol. The molecule has 4 aromatic heterocycles. The van der Waals surface area contributed by atoms with E-state index in [9.17, 15) is 14.4 Å². The fourth-order valence-electron chi connectivity index (χ4n) is 5.42. The molecule has 1 aliphatic heterocycles. The Labute approximate surface area is 231 Å². The third-order valence-corrected chi connectivity index (χ3v) is 8.67. The van der Waals surface area contributed by atoms with Gasteiger partial charge in [0.2, 0.25) is 11.8 Å². The molecular formula is C28H25N7O4S. The van der Waals surface area contributed by atoms with Gasteiger partial charge in [-0.3, -0.25) is 19.0 Å². The SMILES string of the molecule is C[C@@H]1C[C@@H](C(=O)NCc2cc3cnc(N)cc3s2)n2c1ncc(NC(=O)[C@H]1C[C@@H]1c1nc3ccccc3o1)c2=O. The highest BCUT2D eigenvalue weighted by atomic mass is 32.1. The molecule has 0 unspecified atom stereocenters. The highest BCUT2D eigenvalue weighted by Gasteiger charge is 2.47. The first-order valence-corrected chi connectivity index (χ1v) is 13.9. The van der Waals surface area contributed by atoms with Crippen LogP contribution in [0.25, 0.3) is 21.2 Å². The minimum Gasteiger partial charge on any atom is -0.440 e. The van der Waals surface area contributed by atoms with Crippen LogP contribution in [0, 0.1) is 5.92 Å². The van der Waals surface area contributed by atoms with E-state index in [0.29, 0.717) is 42.5 Å². The van der Waals surface area contributed by atoms with Gasteiger partial charge in [-0.15, -0.1) is 11.3 Å². The normalized spacial score (nSPS) is 21.4. The standard InChI is InChI=1S/C28H25N7O4S/c1-13-6-20(26(37)32-11-15-7-14-10-30-23(29)9-22(14)40-15)35-24(13)31-12-19(28(35)38)33-25(36)16-8-17(16)27-34-18-4-2-3-5-21(18)39-27/h2-5,7,9-10,12-13,16-17,20H,6,8,11H2,1H3,(H2,29,30)(H,32,37)(H,33,36)/t13-,16+,17+,20+/m1/s1. The van der Waals surface area contributed by atoms with Crippen molar-refractivity contribution in [3.05, 3.63) is 75.7 Å². The maximum Gasteiger partial charge on any atom is 0.278 e. The summed E-state index contributed by atoms with van der Waals surface area (Å²) >= 11 is 1.53. The molecule has 1 saturated carbocycles. The summed E-state index contributed by atoms with van der Waals surface area (Å²) in [6.45, 7) is 2.25. The van der Waals surface area contributed by atoms with E-state index >= 15 is 0 Å². The van der Waals surface area contributed by atoms with Crippen molar-refractivity contribution < 1.29 is 14.0 Å². The minimum atomic E-state index is -0.720. The van der Waals surface area contributed by atoms with E-state index in [4.69, 9.17) is 10.2 Å². The van der Waals surface area contributed by atoms with Gasteiger partial charge in [0.05, 0.1) is 18.7 Å². The molecule has 1 fully saturated rings. The topological polar surface area (TPSA) is 158 Å². The summed E-state index contributed by atoms with van der Waals surface area (Å²) in [5.74, 6) is 0.354. The van der Waals surface area contributed by atoms with Crippen molar-refractivity contribution in [1.29, 1.82) is 0 Å². The molecule has 202 valence electrons. The second kappa shape index (κ2) is 9.26. The lowest BCUT2D eigenvalue weighted by atomic mass is 10.1.